The van der Waals surface area contributed by atoms with Crippen LogP contribution in [0.3, 0.4) is 0 Å². The van der Waals surface area contributed by atoms with E-state index in [0.717, 1.165) is 4.31 Å². The summed E-state index contributed by atoms with van der Waals surface area (Å²) in [7, 11) is -0.702. The van der Waals surface area contributed by atoms with Gasteiger partial charge in [-0.2, -0.15) is 0 Å². The van der Waals surface area contributed by atoms with Crippen LogP contribution in [-0.2, 0) is 10.0 Å². The van der Waals surface area contributed by atoms with Crippen LogP contribution in [0.25, 0.3) is 0 Å². The molecule has 8 heteroatoms. The molecule has 0 fully saturated rings. The first kappa shape index (κ1) is 18.7. The number of hydrogen-bond acceptors (Lipinski definition) is 4. The maximum Gasteiger partial charge on any atom is 0.242 e. The van der Waals surface area contributed by atoms with E-state index in [1.54, 1.807) is 30.3 Å². The van der Waals surface area contributed by atoms with Crippen LogP contribution >= 0.6 is 23.2 Å². The van der Waals surface area contributed by atoms with Crippen molar-refractivity contribution < 1.29 is 13.2 Å². The molecule has 24 heavy (non-hydrogen) atoms. The van der Waals surface area contributed by atoms with Crippen molar-refractivity contribution in [2.45, 2.75) is 4.90 Å². The SMILES string of the molecule is CN(C)S(=O)(=O)c1cccc(C(=O)CNc2ccc(Cl)c(Cl)c2)c1. The van der Waals surface area contributed by atoms with Crippen LogP contribution in [0.1, 0.15) is 10.4 Å². The summed E-state index contributed by atoms with van der Waals surface area (Å²) in [5.74, 6) is -0.239. The first-order valence-corrected chi connectivity index (χ1v) is 9.16. The predicted octanol–water partition coefficient (Wildman–Crippen LogP) is 3.54. The molecule has 0 bridgehead atoms. The number of ketones is 1. The molecule has 5 nitrogen and oxygen atoms in total. The Morgan fingerprint density at radius 3 is 2.42 bits per heavy atom. The molecule has 0 heterocycles. The topological polar surface area (TPSA) is 66.5 Å². The molecule has 2 rings (SSSR count). The summed E-state index contributed by atoms with van der Waals surface area (Å²) in [5, 5.41) is 3.75. The molecule has 1 N–H and O–H groups in total. The van der Waals surface area contributed by atoms with E-state index in [2.05, 4.69) is 5.32 Å². The van der Waals surface area contributed by atoms with Crippen molar-refractivity contribution >= 4 is 44.7 Å². The number of carbonyl (C=O) groups excluding carboxylic acids is 1. The highest BCUT2D eigenvalue weighted by Gasteiger charge is 2.18. The predicted molar refractivity (Wildman–Crippen MR) is 96.6 cm³/mol. The van der Waals surface area contributed by atoms with Gasteiger partial charge in [-0.15, -0.1) is 0 Å². The van der Waals surface area contributed by atoms with Crippen molar-refractivity contribution in [3.8, 4) is 0 Å². The lowest BCUT2D eigenvalue weighted by molar-refractivity contribution is 0.101. The molecule has 0 spiro atoms. The van der Waals surface area contributed by atoms with Crippen LogP contribution in [0, 0.1) is 0 Å². The molecule has 0 radical (unpaired) electrons. The molecule has 0 aliphatic heterocycles. The molecule has 0 saturated heterocycles. The Kier molecular flexibility index (Phi) is 5.87. The van der Waals surface area contributed by atoms with E-state index in [1.807, 2.05) is 0 Å². The van der Waals surface area contributed by atoms with E-state index in [-0.39, 0.29) is 17.2 Å². The molecule has 0 unspecified atom stereocenters. The van der Waals surface area contributed by atoms with Gasteiger partial charge in [0.25, 0.3) is 0 Å². The lowest BCUT2D eigenvalue weighted by Gasteiger charge is -2.12. The van der Waals surface area contributed by atoms with Crippen molar-refractivity contribution in [3.63, 3.8) is 0 Å². The second kappa shape index (κ2) is 7.53. The van der Waals surface area contributed by atoms with E-state index in [0.29, 0.717) is 21.3 Å². The Hall–Kier alpha value is -1.60. The summed E-state index contributed by atoms with van der Waals surface area (Å²) in [5.41, 5.74) is 0.959. The average Bonchev–Trinajstić information content (AvgIpc) is 2.55. The Bertz CT molecular complexity index is 867. The number of rotatable bonds is 6. The third kappa shape index (κ3) is 4.27. The van der Waals surface area contributed by atoms with Crippen LogP contribution in [0.5, 0.6) is 0 Å². The highest BCUT2D eigenvalue weighted by atomic mass is 35.5. The van der Waals surface area contributed by atoms with Crippen LogP contribution < -0.4 is 5.32 Å². The summed E-state index contributed by atoms with van der Waals surface area (Å²) >= 11 is 11.8. The Balaban J connectivity index is 2.14. The second-order valence-corrected chi connectivity index (χ2v) is 8.19. The van der Waals surface area contributed by atoms with E-state index in [1.165, 1.54) is 26.2 Å². The summed E-state index contributed by atoms with van der Waals surface area (Å²) < 4.78 is 25.4. The van der Waals surface area contributed by atoms with E-state index in [9.17, 15) is 13.2 Å². The zero-order valence-electron chi connectivity index (χ0n) is 13.1. The van der Waals surface area contributed by atoms with Crippen LogP contribution in [0.15, 0.2) is 47.4 Å². The highest BCUT2D eigenvalue weighted by molar-refractivity contribution is 7.89. The summed E-state index contributed by atoms with van der Waals surface area (Å²) in [6, 6.07) is 10.9. The molecule has 2 aromatic carbocycles. The molecule has 2 aromatic rings. The fraction of sp³-hybridized carbons (Fsp3) is 0.188. The smallest absolute Gasteiger partial charge is 0.242 e. The van der Waals surface area contributed by atoms with Crippen molar-refractivity contribution in [3.05, 3.63) is 58.1 Å². The fourth-order valence-electron chi connectivity index (χ4n) is 1.93. The zero-order chi connectivity index (χ0) is 17.9. The highest BCUT2D eigenvalue weighted by Crippen LogP contribution is 2.25. The first-order chi connectivity index (χ1) is 11.2. The first-order valence-electron chi connectivity index (χ1n) is 6.96. The van der Waals surface area contributed by atoms with Gasteiger partial charge in [-0.1, -0.05) is 35.3 Å². The van der Waals surface area contributed by atoms with Crippen LogP contribution in [0.2, 0.25) is 10.0 Å². The van der Waals surface area contributed by atoms with Gasteiger partial charge < -0.3 is 5.32 Å². The number of benzene rings is 2. The molecule has 0 aliphatic rings. The molecule has 0 saturated carbocycles. The number of anilines is 1. The van der Waals surface area contributed by atoms with E-state index < -0.39 is 10.0 Å². The third-order valence-electron chi connectivity index (χ3n) is 3.31. The van der Waals surface area contributed by atoms with Gasteiger partial charge in [0.05, 0.1) is 21.5 Å². The molecule has 0 amide bonds. The van der Waals surface area contributed by atoms with Gasteiger partial charge in [-0.3, -0.25) is 4.79 Å². The van der Waals surface area contributed by atoms with Crippen molar-refractivity contribution in [2.75, 3.05) is 26.0 Å². The van der Waals surface area contributed by atoms with Crippen molar-refractivity contribution in [1.29, 1.82) is 0 Å². The number of nitrogens with zero attached hydrogens (tertiary/aromatic N) is 1. The molecular weight excluding hydrogens is 371 g/mol. The van der Waals surface area contributed by atoms with Gasteiger partial charge in [0.2, 0.25) is 10.0 Å². The van der Waals surface area contributed by atoms with E-state index in [4.69, 9.17) is 23.2 Å². The lowest BCUT2D eigenvalue weighted by atomic mass is 10.1. The van der Waals surface area contributed by atoms with Gasteiger partial charge in [0.1, 0.15) is 0 Å². The fourth-order valence-corrected chi connectivity index (χ4v) is 3.18. The van der Waals surface area contributed by atoms with Crippen LogP contribution in [-0.4, -0.2) is 39.1 Å². The van der Waals surface area contributed by atoms with Crippen LogP contribution in [0.4, 0.5) is 5.69 Å². The zero-order valence-corrected chi connectivity index (χ0v) is 15.4. The maximum absolute atomic E-state index is 12.3. The second-order valence-electron chi connectivity index (χ2n) is 5.22. The summed E-state index contributed by atoms with van der Waals surface area (Å²) in [4.78, 5) is 12.4. The Morgan fingerprint density at radius 2 is 1.79 bits per heavy atom. The molecule has 0 aliphatic carbocycles. The van der Waals surface area contributed by atoms with E-state index >= 15 is 0 Å². The summed E-state index contributed by atoms with van der Waals surface area (Å²) in [6.07, 6.45) is 0. The number of halogens is 2. The molecule has 0 aromatic heterocycles. The molecular formula is C16H16Cl2N2O3S. The number of sulfonamides is 1. The minimum Gasteiger partial charge on any atom is -0.378 e. The number of nitrogens with one attached hydrogen (secondary N) is 1. The standard InChI is InChI=1S/C16H16Cl2N2O3S/c1-20(2)24(22,23)13-5-3-4-11(8-13)16(21)10-19-12-6-7-14(17)15(18)9-12/h3-9,19H,10H2,1-2H3. The van der Waals surface area contributed by atoms with Gasteiger partial charge in [-0.05, 0) is 30.3 Å². The van der Waals surface area contributed by atoms with Gasteiger partial charge in [0.15, 0.2) is 5.78 Å². The summed E-state index contributed by atoms with van der Waals surface area (Å²) in [6.45, 7) is 0.00340. The quantitative estimate of drug-likeness (QED) is 0.770. The number of hydrogen-bond donors (Lipinski definition) is 1. The van der Waals surface area contributed by atoms with Crippen molar-refractivity contribution in [1.82, 2.24) is 4.31 Å². The number of Topliss-reactive ketones (excluding diaryl/α,β-unsaturated/α-hetero) is 1. The molecule has 128 valence electrons. The third-order valence-corrected chi connectivity index (χ3v) is 5.86. The van der Waals surface area contributed by atoms with Gasteiger partial charge in [0, 0.05) is 25.3 Å². The molecule has 0 atom stereocenters. The van der Waals surface area contributed by atoms with Gasteiger partial charge in [-0.25, -0.2) is 12.7 Å². The Morgan fingerprint density at radius 1 is 1.08 bits per heavy atom. The van der Waals surface area contributed by atoms with Crippen molar-refractivity contribution in [2.24, 2.45) is 0 Å². The van der Waals surface area contributed by atoms with Gasteiger partial charge >= 0.3 is 0 Å². The monoisotopic (exact) mass is 386 g/mol. The average molecular weight is 387 g/mol. The largest absolute Gasteiger partial charge is 0.378 e. The lowest BCUT2D eigenvalue weighted by Crippen LogP contribution is -2.22. The number of carbonyl (C=O) groups is 1. The maximum atomic E-state index is 12.3. The minimum absolute atomic E-state index is 0.00340. The Labute approximate surface area is 151 Å². The normalized spacial score (nSPS) is 11.5. The minimum atomic E-state index is -3.58.